The van der Waals surface area contributed by atoms with E-state index in [1.54, 1.807) is 17.0 Å². The summed E-state index contributed by atoms with van der Waals surface area (Å²) >= 11 is 5.81. The molecular weight excluding hydrogens is 360 g/mol. The van der Waals surface area contributed by atoms with E-state index in [0.29, 0.717) is 0 Å². The van der Waals surface area contributed by atoms with Crippen molar-refractivity contribution in [2.75, 3.05) is 0 Å². The Morgan fingerprint density at radius 3 is 2.58 bits per heavy atom. The van der Waals surface area contributed by atoms with Gasteiger partial charge in [0.1, 0.15) is 5.82 Å². The van der Waals surface area contributed by atoms with Gasteiger partial charge in [-0.1, -0.05) is 23.7 Å². The molecule has 0 saturated carbocycles. The number of halogens is 3. The summed E-state index contributed by atoms with van der Waals surface area (Å²) in [6.45, 7) is 1.97. The average Bonchev–Trinajstić information content (AvgIpc) is 2.98. The van der Waals surface area contributed by atoms with Crippen LogP contribution in [0.15, 0.2) is 36.4 Å². The molecule has 0 aromatic heterocycles. The number of phenolic OH excluding ortho intramolecular Hbond substituents is 1. The maximum absolute atomic E-state index is 13.7. The first-order chi connectivity index (χ1) is 12.4. The Morgan fingerprint density at radius 1 is 1.23 bits per heavy atom. The third-order valence-electron chi connectivity index (χ3n) is 4.96. The summed E-state index contributed by atoms with van der Waals surface area (Å²) in [7, 11) is 0. The lowest BCUT2D eigenvalue weighted by Crippen LogP contribution is -2.40. The fourth-order valence-corrected chi connectivity index (χ4v) is 3.75. The first kappa shape index (κ1) is 18.6. The van der Waals surface area contributed by atoms with E-state index in [2.05, 4.69) is 0 Å². The van der Waals surface area contributed by atoms with Crippen LogP contribution in [0.3, 0.4) is 0 Å². The van der Waals surface area contributed by atoms with Crippen LogP contribution in [0.5, 0.6) is 5.75 Å². The van der Waals surface area contributed by atoms with E-state index in [9.17, 15) is 18.7 Å². The molecule has 2 aromatic carbocycles. The molecule has 0 bridgehead atoms. The monoisotopic (exact) mass is 379 g/mol. The number of hydrogen-bond donors (Lipinski definition) is 1. The average molecular weight is 380 g/mol. The zero-order chi connectivity index (χ0) is 18.8. The molecule has 6 heteroatoms. The number of phenols is 1. The molecular formula is C20H20ClF2NO2. The van der Waals surface area contributed by atoms with Crippen LogP contribution in [0.25, 0.3) is 0 Å². The number of likely N-dealkylation sites (tertiary alicyclic amines) is 1. The van der Waals surface area contributed by atoms with Crippen molar-refractivity contribution in [1.82, 2.24) is 4.90 Å². The van der Waals surface area contributed by atoms with Crippen LogP contribution in [-0.4, -0.2) is 28.0 Å². The number of carbonyl (C=O) groups is 1. The van der Waals surface area contributed by atoms with Gasteiger partial charge in [-0.05, 0) is 62.4 Å². The number of amides is 1. The maximum atomic E-state index is 13.7. The van der Waals surface area contributed by atoms with Crippen LogP contribution in [0, 0.1) is 11.6 Å². The predicted molar refractivity (Wildman–Crippen MR) is 96.4 cm³/mol. The Labute approximate surface area is 156 Å². The molecule has 0 aliphatic carbocycles. The largest absolute Gasteiger partial charge is 0.504 e. The number of benzene rings is 2. The molecule has 1 N–H and O–H groups in total. The predicted octanol–water partition coefficient (Wildman–Crippen LogP) is 4.95. The Hall–Kier alpha value is -2.14. The smallest absolute Gasteiger partial charge is 0.254 e. The molecule has 1 heterocycles. The fourth-order valence-electron chi connectivity index (χ4n) is 3.54. The summed E-state index contributed by atoms with van der Waals surface area (Å²) in [5.74, 6) is -2.12. The van der Waals surface area contributed by atoms with Gasteiger partial charge in [-0.2, -0.15) is 0 Å². The number of carbonyl (C=O) groups excluding carboxylic acids is 1. The summed E-state index contributed by atoms with van der Waals surface area (Å²) in [4.78, 5) is 14.7. The highest BCUT2D eigenvalue weighted by atomic mass is 35.5. The lowest BCUT2D eigenvalue weighted by molar-refractivity contribution is 0.0672. The summed E-state index contributed by atoms with van der Waals surface area (Å²) in [5, 5.41) is 9.28. The van der Waals surface area contributed by atoms with Crippen LogP contribution < -0.4 is 0 Å². The first-order valence-electron chi connectivity index (χ1n) is 8.62. The molecule has 0 radical (unpaired) electrons. The molecule has 1 amide bonds. The first-order valence-corrected chi connectivity index (χ1v) is 8.99. The topological polar surface area (TPSA) is 40.5 Å². The molecule has 3 rings (SSSR count). The van der Waals surface area contributed by atoms with E-state index in [1.165, 1.54) is 18.2 Å². The Balaban J connectivity index is 1.75. The summed E-state index contributed by atoms with van der Waals surface area (Å²) in [5.41, 5.74) is 1.14. The Kier molecular flexibility index (Phi) is 5.47. The van der Waals surface area contributed by atoms with Crippen molar-refractivity contribution in [3.8, 4) is 5.75 Å². The number of aromatic hydroxyl groups is 1. The summed E-state index contributed by atoms with van der Waals surface area (Å²) < 4.78 is 26.8. The van der Waals surface area contributed by atoms with Crippen molar-refractivity contribution in [2.45, 2.75) is 44.7 Å². The second kappa shape index (κ2) is 7.62. The van der Waals surface area contributed by atoms with Gasteiger partial charge in [0.2, 0.25) is 0 Å². The number of rotatable bonds is 4. The third-order valence-corrected chi connectivity index (χ3v) is 5.25. The van der Waals surface area contributed by atoms with Gasteiger partial charge >= 0.3 is 0 Å². The van der Waals surface area contributed by atoms with Crippen LogP contribution >= 0.6 is 11.6 Å². The molecule has 1 aliphatic rings. The second-order valence-corrected chi connectivity index (χ2v) is 7.15. The van der Waals surface area contributed by atoms with Gasteiger partial charge in [-0.3, -0.25) is 4.79 Å². The lowest BCUT2D eigenvalue weighted by Gasteiger charge is -2.29. The molecule has 0 spiro atoms. The molecule has 0 unspecified atom stereocenters. The standard InChI is InChI=1S/C20H20ClF2NO2/c1-12-2-8-16(9-5-13-3-6-15(22)7-4-13)24(12)20(26)14-10-17(21)19(25)18(23)11-14/h3-4,6-7,10-12,16,25H,2,5,8-9H2,1H3/t12-,16-/m1/s1. The van der Waals surface area contributed by atoms with E-state index < -0.39 is 11.6 Å². The fraction of sp³-hybridized carbons (Fsp3) is 0.350. The summed E-state index contributed by atoms with van der Waals surface area (Å²) in [6, 6.07) is 8.72. The number of nitrogens with zero attached hydrogens (tertiary/aromatic N) is 1. The van der Waals surface area contributed by atoms with Crippen molar-refractivity contribution in [2.24, 2.45) is 0 Å². The van der Waals surface area contributed by atoms with Gasteiger partial charge in [0.15, 0.2) is 11.6 Å². The third kappa shape index (κ3) is 3.83. The van der Waals surface area contributed by atoms with Crippen molar-refractivity contribution in [3.05, 3.63) is 64.2 Å². The van der Waals surface area contributed by atoms with Gasteiger partial charge in [0.05, 0.1) is 5.02 Å². The number of hydrogen-bond acceptors (Lipinski definition) is 2. The molecule has 3 nitrogen and oxygen atoms in total. The van der Waals surface area contributed by atoms with Crippen LogP contribution in [0.4, 0.5) is 8.78 Å². The quantitative estimate of drug-likeness (QED) is 0.816. The minimum atomic E-state index is -0.907. The minimum absolute atomic E-state index is 0.0261. The van der Waals surface area contributed by atoms with E-state index in [0.717, 1.165) is 37.3 Å². The van der Waals surface area contributed by atoms with Crippen molar-refractivity contribution < 1.29 is 18.7 Å². The number of aryl methyl sites for hydroxylation is 1. The highest BCUT2D eigenvalue weighted by Gasteiger charge is 2.34. The van der Waals surface area contributed by atoms with E-state index in [-0.39, 0.29) is 34.4 Å². The highest BCUT2D eigenvalue weighted by Crippen LogP contribution is 2.32. The normalized spacial score (nSPS) is 19.8. The molecule has 26 heavy (non-hydrogen) atoms. The minimum Gasteiger partial charge on any atom is -0.504 e. The van der Waals surface area contributed by atoms with Crippen LogP contribution in [0.1, 0.15) is 42.1 Å². The van der Waals surface area contributed by atoms with Gasteiger partial charge in [0, 0.05) is 17.6 Å². The molecule has 1 aliphatic heterocycles. The van der Waals surface area contributed by atoms with Gasteiger partial charge < -0.3 is 10.0 Å². The van der Waals surface area contributed by atoms with Crippen molar-refractivity contribution in [3.63, 3.8) is 0 Å². The maximum Gasteiger partial charge on any atom is 0.254 e. The zero-order valence-corrected chi connectivity index (χ0v) is 15.1. The van der Waals surface area contributed by atoms with Crippen LogP contribution in [0.2, 0.25) is 5.02 Å². The van der Waals surface area contributed by atoms with E-state index >= 15 is 0 Å². The molecule has 138 valence electrons. The van der Waals surface area contributed by atoms with E-state index in [1.807, 2.05) is 6.92 Å². The Morgan fingerprint density at radius 2 is 1.92 bits per heavy atom. The SMILES string of the molecule is C[C@@H]1CC[C@H](CCc2ccc(F)cc2)N1C(=O)c1cc(F)c(O)c(Cl)c1. The van der Waals surface area contributed by atoms with Crippen molar-refractivity contribution in [1.29, 1.82) is 0 Å². The van der Waals surface area contributed by atoms with Gasteiger partial charge in [-0.25, -0.2) is 8.78 Å². The van der Waals surface area contributed by atoms with E-state index in [4.69, 9.17) is 11.6 Å². The second-order valence-electron chi connectivity index (χ2n) is 6.75. The van der Waals surface area contributed by atoms with Crippen LogP contribution in [-0.2, 0) is 6.42 Å². The van der Waals surface area contributed by atoms with Crippen molar-refractivity contribution >= 4 is 17.5 Å². The summed E-state index contributed by atoms with van der Waals surface area (Å²) in [6.07, 6.45) is 3.21. The molecule has 1 saturated heterocycles. The van der Waals surface area contributed by atoms with Gasteiger partial charge in [-0.15, -0.1) is 0 Å². The molecule has 2 aromatic rings. The Bertz CT molecular complexity index is 787. The highest BCUT2D eigenvalue weighted by molar-refractivity contribution is 6.32. The molecule has 1 fully saturated rings. The van der Waals surface area contributed by atoms with Gasteiger partial charge in [0.25, 0.3) is 5.91 Å². The zero-order valence-electron chi connectivity index (χ0n) is 14.4. The lowest BCUT2D eigenvalue weighted by atomic mass is 10.0. The molecule has 2 atom stereocenters.